The van der Waals surface area contributed by atoms with E-state index in [-0.39, 0.29) is 35.0 Å². The molecule has 0 radical (unpaired) electrons. The van der Waals surface area contributed by atoms with Crippen molar-refractivity contribution in [3.05, 3.63) is 0 Å². The Morgan fingerprint density at radius 3 is 1.14 bits per heavy atom. The zero-order valence-electron chi connectivity index (χ0n) is 2.70. The number of hydrogen-bond acceptors (Lipinski definition) is 1. The second kappa shape index (κ2) is 5.62. The molecule has 0 atom stereocenters. The number of hydrogen-bond donors (Lipinski definition) is 3. The predicted molar refractivity (Wildman–Crippen MR) is 31.7 cm³/mol. The number of rotatable bonds is 0. The molecule has 0 aromatic carbocycles. The van der Waals surface area contributed by atoms with Gasteiger partial charge < -0.3 is 20.2 Å². The second-order valence-corrected chi connectivity index (χ2v) is 3.01. The summed E-state index contributed by atoms with van der Waals surface area (Å²) in [6, 6.07) is 0. The third-order valence-corrected chi connectivity index (χ3v) is 0. The zero-order chi connectivity index (χ0) is 4.50. The van der Waals surface area contributed by atoms with Gasteiger partial charge in [-0.25, -0.2) is 0 Å². The molecule has 0 rings (SSSR count). The van der Waals surface area contributed by atoms with Crippen LogP contribution in [-0.2, 0) is 11.8 Å². The van der Waals surface area contributed by atoms with Crippen LogP contribution >= 0.6 is 6.72 Å². The van der Waals surface area contributed by atoms with Crippen molar-refractivity contribution in [3.8, 4) is 0 Å². The van der Waals surface area contributed by atoms with Crippen LogP contribution in [-0.4, -0.2) is 49.7 Å². The van der Waals surface area contributed by atoms with E-state index < -0.39 is 6.72 Å². The fourth-order valence-corrected chi connectivity index (χ4v) is 0. The van der Waals surface area contributed by atoms with Crippen LogP contribution < -0.4 is 0 Å². The summed E-state index contributed by atoms with van der Waals surface area (Å²) in [5, 5.41) is 0. The van der Waals surface area contributed by atoms with Gasteiger partial charge in [0.25, 0.3) is 0 Å². The summed E-state index contributed by atoms with van der Waals surface area (Å²) in [5.74, 6) is 0. The molecule has 0 aromatic heterocycles. The molecule has 5 N–H and O–H groups in total. The Morgan fingerprint density at radius 1 is 1.14 bits per heavy atom. The SMILES string of the molecule is O.OP(O)(O)=S.[NaH]. The average molecular weight is 156 g/mol. The van der Waals surface area contributed by atoms with Gasteiger partial charge in [-0.05, 0) is 11.8 Å². The molecule has 4 nitrogen and oxygen atoms in total. The van der Waals surface area contributed by atoms with Crippen molar-refractivity contribution in [1.82, 2.24) is 0 Å². The monoisotopic (exact) mass is 156 g/mol. The van der Waals surface area contributed by atoms with E-state index >= 15 is 0 Å². The average Bonchev–Trinajstić information content (AvgIpc) is 0.722. The van der Waals surface area contributed by atoms with Crippen molar-refractivity contribution in [2.45, 2.75) is 0 Å². The molecular weight excluding hydrogens is 150 g/mol. The minimum absolute atomic E-state index is 0. The van der Waals surface area contributed by atoms with Gasteiger partial charge in [-0.2, -0.15) is 0 Å². The normalized spacial score (nSPS) is 8.43. The third kappa shape index (κ3) is 102. The maximum atomic E-state index is 7.56. The van der Waals surface area contributed by atoms with E-state index in [0.717, 1.165) is 0 Å². The first-order valence-electron chi connectivity index (χ1n) is 0.783. The Morgan fingerprint density at radius 2 is 1.14 bits per heavy atom. The van der Waals surface area contributed by atoms with E-state index in [9.17, 15) is 0 Å². The maximum absolute atomic E-state index is 7.56. The van der Waals surface area contributed by atoms with Gasteiger partial charge in [0, 0.05) is 0 Å². The molecular formula is H6NaO4PS. The fourth-order valence-electron chi connectivity index (χ4n) is 0. The topological polar surface area (TPSA) is 92.2 Å². The molecule has 7 heavy (non-hydrogen) atoms. The van der Waals surface area contributed by atoms with Gasteiger partial charge in [0.1, 0.15) is 0 Å². The van der Waals surface area contributed by atoms with Crippen LogP contribution in [0, 0.1) is 0 Å². The van der Waals surface area contributed by atoms with Crippen molar-refractivity contribution in [2.75, 3.05) is 0 Å². The quantitative estimate of drug-likeness (QED) is 0.272. The molecule has 0 aliphatic carbocycles. The van der Waals surface area contributed by atoms with Crippen LogP contribution in [0.25, 0.3) is 0 Å². The summed E-state index contributed by atoms with van der Waals surface area (Å²) in [4.78, 5) is 22.7. The molecule has 0 saturated carbocycles. The van der Waals surface area contributed by atoms with E-state index in [0.29, 0.717) is 0 Å². The molecule has 42 valence electrons. The van der Waals surface area contributed by atoms with E-state index in [1.54, 1.807) is 0 Å². The van der Waals surface area contributed by atoms with Gasteiger partial charge in [0.15, 0.2) is 0 Å². The molecule has 0 amide bonds. The first-order valence-corrected chi connectivity index (χ1v) is 3.44. The van der Waals surface area contributed by atoms with Crippen LogP contribution in [0.3, 0.4) is 0 Å². The Kier molecular flexibility index (Phi) is 12.7. The summed E-state index contributed by atoms with van der Waals surface area (Å²) < 4.78 is 0. The van der Waals surface area contributed by atoms with Crippen LogP contribution in [0.5, 0.6) is 0 Å². The third-order valence-electron chi connectivity index (χ3n) is 0. The summed E-state index contributed by atoms with van der Waals surface area (Å²) in [5.41, 5.74) is 0. The molecule has 0 aliphatic heterocycles. The molecule has 0 spiro atoms. The Bertz CT molecular complexity index is 57.8. The molecule has 0 aliphatic rings. The van der Waals surface area contributed by atoms with Gasteiger partial charge in [-0.3, -0.25) is 0 Å². The molecule has 0 unspecified atom stereocenters. The van der Waals surface area contributed by atoms with Crippen LogP contribution in [0.2, 0.25) is 0 Å². The standard InChI is InChI=1S/Na.H3O3PS.H2O.H/c;1-4(2,3)5;;/h;(H3,1,2,3,5);1H2;. The van der Waals surface area contributed by atoms with E-state index in [1.165, 1.54) is 0 Å². The van der Waals surface area contributed by atoms with Gasteiger partial charge in [0.05, 0.1) is 0 Å². The van der Waals surface area contributed by atoms with Gasteiger partial charge >= 0.3 is 36.3 Å². The Balaban J connectivity index is -0.0000000800. The second-order valence-electron chi connectivity index (χ2n) is 0.513. The molecule has 0 fully saturated rings. The Labute approximate surface area is 68.0 Å². The van der Waals surface area contributed by atoms with Crippen LogP contribution in [0.15, 0.2) is 0 Å². The van der Waals surface area contributed by atoms with Crippen molar-refractivity contribution in [2.24, 2.45) is 0 Å². The molecule has 0 heterocycles. The summed E-state index contributed by atoms with van der Waals surface area (Å²) in [7, 11) is 0. The summed E-state index contributed by atoms with van der Waals surface area (Å²) in [6.45, 7) is -3.81. The van der Waals surface area contributed by atoms with E-state index in [1.807, 2.05) is 0 Å². The van der Waals surface area contributed by atoms with Crippen molar-refractivity contribution in [3.63, 3.8) is 0 Å². The molecule has 7 heteroatoms. The van der Waals surface area contributed by atoms with Crippen LogP contribution in [0.4, 0.5) is 0 Å². The molecule has 0 saturated heterocycles. The van der Waals surface area contributed by atoms with E-state index in [2.05, 4.69) is 11.8 Å². The van der Waals surface area contributed by atoms with Gasteiger partial charge in [-0.1, -0.05) is 0 Å². The molecule has 0 aromatic rings. The van der Waals surface area contributed by atoms with Crippen LogP contribution in [0.1, 0.15) is 0 Å². The summed E-state index contributed by atoms with van der Waals surface area (Å²) in [6.07, 6.45) is 0. The zero-order valence-corrected chi connectivity index (χ0v) is 4.41. The fraction of sp³-hybridized carbons (Fsp3) is 0. The van der Waals surface area contributed by atoms with E-state index in [4.69, 9.17) is 14.7 Å². The minimum atomic E-state index is -3.81. The van der Waals surface area contributed by atoms with Crippen molar-refractivity contribution < 1.29 is 20.2 Å². The van der Waals surface area contributed by atoms with Gasteiger partial charge in [-0.15, -0.1) is 0 Å². The predicted octanol–water partition coefficient (Wildman–Crippen LogP) is -2.29. The van der Waals surface area contributed by atoms with Crippen molar-refractivity contribution >= 4 is 48.1 Å². The summed E-state index contributed by atoms with van der Waals surface area (Å²) >= 11 is 3.60. The van der Waals surface area contributed by atoms with Gasteiger partial charge in [0.2, 0.25) is 0 Å². The molecule has 0 bridgehead atoms. The Hall–Kier alpha value is 1.49. The first-order chi connectivity index (χ1) is 2.00. The first kappa shape index (κ1) is 15.8. The van der Waals surface area contributed by atoms with Crippen molar-refractivity contribution in [1.29, 1.82) is 0 Å².